The second-order valence-corrected chi connectivity index (χ2v) is 8.88. The Balaban J connectivity index is 1.51. The quantitative estimate of drug-likeness (QED) is 0.374. The van der Waals surface area contributed by atoms with Crippen LogP contribution in [0.1, 0.15) is 46.8 Å². The molecule has 0 bridgehead atoms. The molecule has 1 fully saturated rings. The van der Waals surface area contributed by atoms with Gasteiger partial charge in [0, 0.05) is 12.3 Å². The highest BCUT2D eigenvalue weighted by atomic mass is 31.1. The fourth-order valence-corrected chi connectivity index (χ4v) is 4.19. The lowest BCUT2D eigenvalue weighted by molar-refractivity contribution is -0.149. The zero-order valence-corrected chi connectivity index (χ0v) is 18.8. The maximum Gasteiger partial charge on any atom is 0.613 e. The summed E-state index contributed by atoms with van der Waals surface area (Å²) in [5.74, 6) is -0.349. The second-order valence-electron chi connectivity index (χ2n) is 7.85. The number of carbonyl (C=O) groups is 1. The Morgan fingerprint density at radius 3 is 2.94 bits per heavy atom. The van der Waals surface area contributed by atoms with Gasteiger partial charge in [0.2, 0.25) is 5.95 Å². The average Bonchev–Trinajstić information content (AvgIpc) is 3.24. The largest absolute Gasteiger partial charge is 0.613 e. The summed E-state index contributed by atoms with van der Waals surface area (Å²) < 4.78 is 30.2. The summed E-state index contributed by atoms with van der Waals surface area (Å²) >= 11 is 0. The molecule has 2 aromatic heterocycles. The predicted molar refractivity (Wildman–Crippen MR) is 112 cm³/mol. The van der Waals surface area contributed by atoms with E-state index in [2.05, 4.69) is 20.0 Å². The van der Waals surface area contributed by atoms with E-state index in [1.807, 2.05) is 6.92 Å². The van der Waals surface area contributed by atoms with Crippen LogP contribution in [0.25, 0.3) is 11.2 Å². The molecule has 3 heterocycles. The Kier molecular flexibility index (Phi) is 7.37. The van der Waals surface area contributed by atoms with E-state index in [-0.39, 0.29) is 42.4 Å². The van der Waals surface area contributed by atoms with Crippen LogP contribution in [0.15, 0.2) is 11.1 Å². The maximum atomic E-state index is 12.0. The Morgan fingerprint density at radius 1 is 1.48 bits per heavy atom. The third-order valence-electron chi connectivity index (χ3n) is 4.83. The molecule has 0 saturated carbocycles. The van der Waals surface area contributed by atoms with Crippen molar-refractivity contribution in [1.82, 2.24) is 24.6 Å². The monoisotopic (exact) mass is 455 g/mol. The Morgan fingerprint density at radius 2 is 2.23 bits per heavy atom. The molecular formula is C18H28N6O6P+. The van der Waals surface area contributed by atoms with Gasteiger partial charge in [-0.1, -0.05) is 12.0 Å². The highest BCUT2D eigenvalue weighted by Gasteiger charge is 2.35. The van der Waals surface area contributed by atoms with Crippen molar-refractivity contribution in [3.63, 3.8) is 0 Å². The van der Waals surface area contributed by atoms with Crippen molar-refractivity contribution >= 4 is 31.3 Å². The number of carbonyl (C=O) groups excluding carboxylic acids is 1. The zero-order chi connectivity index (χ0) is 22.7. The van der Waals surface area contributed by atoms with Gasteiger partial charge in [-0.2, -0.15) is 4.98 Å². The lowest BCUT2D eigenvalue weighted by atomic mass is 10.0. The molecule has 1 aliphatic heterocycles. The number of ether oxygens (including phenoxy) is 2. The van der Waals surface area contributed by atoms with E-state index < -0.39 is 25.7 Å². The van der Waals surface area contributed by atoms with Gasteiger partial charge in [0.05, 0.1) is 18.5 Å². The first-order valence-electron chi connectivity index (χ1n) is 10.1. The van der Waals surface area contributed by atoms with Crippen molar-refractivity contribution in [2.24, 2.45) is 5.92 Å². The SMILES string of the molecule is CC(C)OC(=O)C(C)N[P+](=O)OCCC1CC(C)C(n2cnc3c(=O)[nH]c(N)nc32)O1. The minimum absolute atomic E-state index is 0.0117. The van der Waals surface area contributed by atoms with Crippen molar-refractivity contribution < 1.29 is 23.4 Å². The standard InChI is InChI=1S/C18H27N6O6P/c1-9(2)29-17(26)11(4)23-31(27)28-6-5-12-7-10(3)16(30-12)24-8-20-13-14(24)21-18(19)22-15(13)25/h8-12,16H,5-7H2,1-4H3,(H3-,19,21,22,23,25,27)/p+1. The summed E-state index contributed by atoms with van der Waals surface area (Å²) in [6.45, 7) is 7.26. The number of nitrogen functional groups attached to an aromatic ring is 1. The van der Waals surface area contributed by atoms with Gasteiger partial charge in [0.15, 0.2) is 11.2 Å². The van der Waals surface area contributed by atoms with Crippen LogP contribution in [0.3, 0.4) is 0 Å². The molecule has 0 aliphatic carbocycles. The highest BCUT2D eigenvalue weighted by molar-refractivity contribution is 7.36. The van der Waals surface area contributed by atoms with Crippen LogP contribution < -0.4 is 16.4 Å². The molecule has 13 heteroatoms. The zero-order valence-electron chi connectivity index (χ0n) is 17.9. The summed E-state index contributed by atoms with van der Waals surface area (Å²) in [6, 6.07) is -0.740. The smallest absolute Gasteiger partial charge is 0.462 e. The van der Waals surface area contributed by atoms with Crippen LogP contribution in [0, 0.1) is 5.92 Å². The molecule has 12 nitrogen and oxygen atoms in total. The number of hydrogen-bond donors (Lipinski definition) is 3. The molecule has 0 amide bonds. The molecule has 5 atom stereocenters. The summed E-state index contributed by atoms with van der Waals surface area (Å²) in [7, 11) is -2.22. The van der Waals surface area contributed by atoms with E-state index >= 15 is 0 Å². The van der Waals surface area contributed by atoms with Gasteiger partial charge in [0.1, 0.15) is 18.9 Å². The number of nitrogens with one attached hydrogen (secondary N) is 2. The predicted octanol–water partition coefficient (Wildman–Crippen LogP) is 1.62. The number of aromatic amines is 1. The van der Waals surface area contributed by atoms with Gasteiger partial charge >= 0.3 is 14.1 Å². The van der Waals surface area contributed by atoms with E-state index in [9.17, 15) is 14.2 Å². The van der Waals surface area contributed by atoms with Gasteiger partial charge in [-0.25, -0.2) is 4.98 Å². The number of aromatic nitrogens is 4. The molecule has 1 saturated heterocycles. The molecule has 0 spiro atoms. The van der Waals surface area contributed by atoms with Gasteiger partial charge in [-0.05, 0) is 31.8 Å². The topological polar surface area (TPSA) is 163 Å². The Labute approximate surface area is 179 Å². The summed E-state index contributed by atoms with van der Waals surface area (Å²) in [4.78, 5) is 34.5. The molecule has 0 aromatic carbocycles. The number of rotatable bonds is 9. The number of hydrogen-bond acceptors (Lipinski definition) is 9. The molecule has 3 rings (SSSR count). The third kappa shape index (κ3) is 5.65. The summed E-state index contributed by atoms with van der Waals surface area (Å²) in [6.07, 6.45) is 2.03. The minimum atomic E-state index is -2.22. The van der Waals surface area contributed by atoms with E-state index in [4.69, 9.17) is 19.7 Å². The Bertz CT molecular complexity index is 1010. The first-order chi connectivity index (χ1) is 14.7. The molecule has 4 N–H and O–H groups in total. The lowest BCUT2D eigenvalue weighted by Crippen LogP contribution is -2.32. The fraction of sp³-hybridized carbons (Fsp3) is 0.667. The van der Waals surface area contributed by atoms with E-state index in [1.165, 1.54) is 6.33 Å². The second kappa shape index (κ2) is 9.82. The number of H-pyrrole nitrogens is 1. The van der Waals surface area contributed by atoms with Gasteiger partial charge < -0.3 is 15.2 Å². The molecule has 2 aromatic rings. The number of nitrogens with zero attached hydrogens (tertiary/aromatic N) is 3. The summed E-state index contributed by atoms with van der Waals surface area (Å²) in [5, 5.41) is 2.59. The van der Waals surface area contributed by atoms with Crippen LogP contribution in [0.2, 0.25) is 0 Å². The van der Waals surface area contributed by atoms with E-state index in [1.54, 1.807) is 25.3 Å². The van der Waals surface area contributed by atoms with Crippen LogP contribution >= 0.6 is 8.18 Å². The van der Waals surface area contributed by atoms with Crippen molar-refractivity contribution in [3.8, 4) is 0 Å². The van der Waals surface area contributed by atoms with Gasteiger partial charge in [0.25, 0.3) is 5.56 Å². The highest BCUT2D eigenvalue weighted by Crippen LogP contribution is 2.36. The normalized spacial score (nSPS) is 22.7. The number of imidazole rings is 1. The molecule has 0 radical (unpaired) electrons. The molecular weight excluding hydrogens is 427 g/mol. The first-order valence-corrected chi connectivity index (χ1v) is 11.3. The van der Waals surface area contributed by atoms with Crippen molar-refractivity contribution in [3.05, 3.63) is 16.7 Å². The number of fused-ring (bicyclic) bond motifs is 1. The lowest BCUT2D eigenvalue weighted by Gasteiger charge is -2.17. The Hall–Kier alpha value is -2.40. The van der Waals surface area contributed by atoms with Crippen molar-refractivity contribution in [1.29, 1.82) is 0 Å². The summed E-state index contributed by atoms with van der Waals surface area (Å²) in [5.41, 5.74) is 5.82. The number of nitrogens with two attached hydrogens (primary N) is 1. The molecule has 5 unspecified atom stereocenters. The van der Waals surface area contributed by atoms with E-state index in [0.29, 0.717) is 12.1 Å². The molecule has 170 valence electrons. The van der Waals surface area contributed by atoms with Gasteiger partial charge in [-0.15, -0.1) is 4.52 Å². The number of anilines is 1. The van der Waals surface area contributed by atoms with Crippen LogP contribution in [0.4, 0.5) is 5.95 Å². The van der Waals surface area contributed by atoms with Crippen molar-refractivity contribution in [2.75, 3.05) is 12.3 Å². The average molecular weight is 455 g/mol. The number of esters is 1. The van der Waals surface area contributed by atoms with Crippen LogP contribution in [0.5, 0.6) is 0 Å². The fourth-order valence-electron chi connectivity index (χ4n) is 3.42. The minimum Gasteiger partial charge on any atom is -0.462 e. The third-order valence-corrected chi connectivity index (χ3v) is 5.85. The molecule has 1 aliphatic rings. The van der Waals surface area contributed by atoms with Crippen LogP contribution in [-0.2, 0) is 23.4 Å². The van der Waals surface area contributed by atoms with Crippen LogP contribution in [-0.4, -0.2) is 50.3 Å². The van der Waals surface area contributed by atoms with Crippen molar-refractivity contribution in [2.45, 2.75) is 65.0 Å². The molecule has 31 heavy (non-hydrogen) atoms. The first kappa shape index (κ1) is 23.3. The van der Waals surface area contributed by atoms with E-state index in [0.717, 1.165) is 6.42 Å². The van der Waals surface area contributed by atoms with Gasteiger partial charge in [-0.3, -0.25) is 19.1 Å². The maximum absolute atomic E-state index is 12.0.